The van der Waals surface area contributed by atoms with Crippen LogP contribution in [0.15, 0.2) is 62.5 Å². The lowest BCUT2D eigenvalue weighted by atomic mass is 9.85. The molecule has 3 aromatic carbocycles. The SMILES string of the molecule is Cc1ccc([C@H](Nc2c(Nc3ccc(F)c4c3C(=O)N(c3ccccc3CCO)C4)c(=O)c2=O)C(C)(C)C)o1. The van der Waals surface area contributed by atoms with Crippen molar-refractivity contribution in [3.8, 4) is 0 Å². The maximum atomic E-state index is 14.9. The Morgan fingerprint density at radius 3 is 2.41 bits per heavy atom. The molecule has 0 spiro atoms. The maximum absolute atomic E-state index is 14.9. The van der Waals surface area contributed by atoms with Crippen LogP contribution in [0, 0.1) is 18.2 Å². The number of hydrogen-bond donors (Lipinski definition) is 3. The molecule has 1 aliphatic heterocycles. The molecule has 8 nitrogen and oxygen atoms in total. The molecule has 202 valence electrons. The highest BCUT2D eigenvalue weighted by molar-refractivity contribution is 6.14. The van der Waals surface area contributed by atoms with Gasteiger partial charge in [-0.15, -0.1) is 0 Å². The van der Waals surface area contributed by atoms with Crippen LogP contribution in [0.5, 0.6) is 0 Å². The Labute approximate surface area is 224 Å². The van der Waals surface area contributed by atoms with E-state index in [0.717, 1.165) is 11.3 Å². The highest BCUT2D eigenvalue weighted by Crippen LogP contribution is 2.40. The number of anilines is 4. The fourth-order valence-electron chi connectivity index (χ4n) is 5.04. The van der Waals surface area contributed by atoms with E-state index < -0.39 is 28.6 Å². The molecular weight excluding hydrogens is 501 g/mol. The van der Waals surface area contributed by atoms with Crippen LogP contribution in [-0.4, -0.2) is 17.6 Å². The first kappa shape index (κ1) is 26.4. The number of nitrogens with one attached hydrogen (secondary N) is 2. The summed E-state index contributed by atoms with van der Waals surface area (Å²) in [5, 5.41) is 15.6. The normalized spacial score (nSPS) is 14.1. The molecule has 5 rings (SSSR count). The summed E-state index contributed by atoms with van der Waals surface area (Å²) in [7, 11) is 0. The van der Waals surface area contributed by atoms with E-state index in [1.165, 1.54) is 17.0 Å². The third-order valence-corrected chi connectivity index (χ3v) is 7.06. The maximum Gasteiger partial charge on any atom is 0.261 e. The molecule has 0 saturated carbocycles. The first-order valence-electron chi connectivity index (χ1n) is 12.8. The molecule has 0 fully saturated rings. The van der Waals surface area contributed by atoms with Gasteiger partial charge in [0, 0.05) is 17.9 Å². The number of fused-ring (bicyclic) bond motifs is 1. The minimum atomic E-state index is -0.727. The van der Waals surface area contributed by atoms with Crippen molar-refractivity contribution in [3.63, 3.8) is 0 Å². The molecule has 0 aliphatic carbocycles. The molecule has 3 N–H and O–H groups in total. The lowest BCUT2D eigenvalue weighted by Gasteiger charge is -2.31. The van der Waals surface area contributed by atoms with E-state index in [1.807, 2.05) is 52.0 Å². The molecule has 1 atom stereocenters. The van der Waals surface area contributed by atoms with Crippen molar-refractivity contribution < 1.29 is 18.7 Å². The van der Waals surface area contributed by atoms with Gasteiger partial charge in [0.2, 0.25) is 0 Å². The van der Waals surface area contributed by atoms with Crippen molar-refractivity contribution in [1.29, 1.82) is 0 Å². The van der Waals surface area contributed by atoms with E-state index in [2.05, 4.69) is 10.6 Å². The smallest absolute Gasteiger partial charge is 0.261 e. The van der Waals surface area contributed by atoms with Crippen molar-refractivity contribution >= 4 is 28.7 Å². The molecule has 2 heterocycles. The van der Waals surface area contributed by atoms with Gasteiger partial charge < -0.3 is 25.1 Å². The second kappa shape index (κ2) is 9.81. The number of halogens is 1. The van der Waals surface area contributed by atoms with Gasteiger partial charge in [0.1, 0.15) is 28.7 Å². The van der Waals surface area contributed by atoms with E-state index >= 15 is 0 Å². The first-order chi connectivity index (χ1) is 18.5. The van der Waals surface area contributed by atoms with Gasteiger partial charge in [-0.05, 0) is 54.7 Å². The van der Waals surface area contributed by atoms with Crippen molar-refractivity contribution in [2.75, 3.05) is 22.1 Å². The van der Waals surface area contributed by atoms with Crippen LogP contribution < -0.4 is 26.4 Å². The van der Waals surface area contributed by atoms with Gasteiger partial charge in [0.15, 0.2) is 0 Å². The number of carbonyl (C=O) groups is 1. The van der Waals surface area contributed by atoms with Crippen LogP contribution in [0.2, 0.25) is 0 Å². The predicted octanol–water partition coefficient (Wildman–Crippen LogP) is 4.96. The molecule has 1 amide bonds. The van der Waals surface area contributed by atoms with Crippen LogP contribution in [0.1, 0.15) is 59.8 Å². The Hall–Kier alpha value is -4.24. The number of aryl methyl sites for hydroxylation is 1. The third-order valence-electron chi connectivity index (χ3n) is 7.06. The zero-order valence-corrected chi connectivity index (χ0v) is 22.2. The lowest BCUT2D eigenvalue weighted by molar-refractivity contribution is 0.0997. The molecule has 1 aliphatic rings. The Bertz CT molecular complexity index is 1640. The summed E-state index contributed by atoms with van der Waals surface area (Å²) in [5.41, 5.74) is 0.168. The molecule has 0 bridgehead atoms. The van der Waals surface area contributed by atoms with Gasteiger partial charge in [0.05, 0.1) is 23.8 Å². The zero-order valence-electron chi connectivity index (χ0n) is 22.2. The van der Waals surface area contributed by atoms with Crippen LogP contribution in [0.3, 0.4) is 0 Å². The number of carbonyl (C=O) groups excluding carboxylic acids is 1. The Balaban J connectivity index is 1.50. The fourth-order valence-corrected chi connectivity index (χ4v) is 5.04. The van der Waals surface area contributed by atoms with E-state index in [-0.39, 0.29) is 46.8 Å². The van der Waals surface area contributed by atoms with Gasteiger partial charge in [-0.25, -0.2) is 4.39 Å². The quantitative estimate of drug-likeness (QED) is 0.276. The minimum Gasteiger partial charge on any atom is -0.464 e. The van der Waals surface area contributed by atoms with Crippen LogP contribution in [-0.2, 0) is 13.0 Å². The number of aliphatic hydroxyl groups excluding tert-OH is 1. The molecule has 0 saturated heterocycles. The summed E-state index contributed by atoms with van der Waals surface area (Å²) in [6.07, 6.45) is 0.340. The molecule has 4 aromatic rings. The molecule has 1 aromatic heterocycles. The number of benzene rings is 2. The Morgan fingerprint density at radius 2 is 1.74 bits per heavy atom. The zero-order chi connectivity index (χ0) is 28.1. The highest BCUT2D eigenvalue weighted by atomic mass is 19.1. The predicted molar refractivity (Wildman–Crippen MR) is 148 cm³/mol. The lowest BCUT2D eigenvalue weighted by Crippen LogP contribution is -2.39. The first-order valence-corrected chi connectivity index (χ1v) is 12.8. The van der Waals surface area contributed by atoms with Crippen LogP contribution in [0.4, 0.5) is 27.1 Å². The Kier molecular flexibility index (Phi) is 6.64. The topological polar surface area (TPSA) is 112 Å². The van der Waals surface area contributed by atoms with Gasteiger partial charge >= 0.3 is 0 Å². The number of hydrogen-bond acceptors (Lipinski definition) is 7. The molecular formula is C30H30FN3O5. The largest absolute Gasteiger partial charge is 0.464 e. The second-order valence-electron chi connectivity index (χ2n) is 10.9. The van der Waals surface area contributed by atoms with Gasteiger partial charge in [-0.3, -0.25) is 14.4 Å². The van der Waals surface area contributed by atoms with Crippen molar-refractivity contribution in [3.05, 3.63) is 103 Å². The molecule has 0 radical (unpaired) electrons. The highest BCUT2D eigenvalue weighted by Gasteiger charge is 2.36. The standard InChI is InChI=1S/C30H30FN3O5/c1-16-9-12-22(39-16)28(30(2,3)4)33-25-24(26(36)27(25)37)32-20-11-10-19(31)18-15-34(29(38)23(18)20)21-8-6-5-7-17(21)13-14-35/h5-12,28,32-33,35H,13-15H2,1-4H3/t28-/m0/s1. The Morgan fingerprint density at radius 1 is 1.03 bits per heavy atom. The minimum absolute atomic E-state index is 0.00106. The van der Waals surface area contributed by atoms with Crippen LogP contribution >= 0.6 is 0 Å². The number of furan rings is 1. The molecule has 9 heteroatoms. The number of aliphatic hydroxyl groups is 1. The van der Waals surface area contributed by atoms with E-state index in [4.69, 9.17) is 4.42 Å². The number of nitrogens with zero attached hydrogens (tertiary/aromatic N) is 1. The second-order valence-corrected chi connectivity index (χ2v) is 10.9. The number of para-hydroxylation sites is 1. The summed E-state index contributed by atoms with van der Waals surface area (Å²) in [6.45, 7) is 7.67. The average Bonchev–Trinajstić information content (AvgIpc) is 3.48. The summed E-state index contributed by atoms with van der Waals surface area (Å²) >= 11 is 0. The summed E-state index contributed by atoms with van der Waals surface area (Å²) < 4.78 is 20.7. The molecule has 39 heavy (non-hydrogen) atoms. The summed E-state index contributed by atoms with van der Waals surface area (Å²) in [6, 6.07) is 13.0. The monoisotopic (exact) mass is 531 g/mol. The third kappa shape index (κ3) is 4.63. The van der Waals surface area contributed by atoms with Crippen molar-refractivity contribution in [1.82, 2.24) is 0 Å². The average molecular weight is 532 g/mol. The van der Waals surface area contributed by atoms with E-state index in [0.29, 0.717) is 17.9 Å². The van der Waals surface area contributed by atoms with Gasteiger partial charge in [-0.1, -0.05) is 39.0 Å². The van der Waals surface area contributed by atoms with Crippen LogP contribution in [0.25, 0.3) is 0 Å². The van der Waals surface area contributed by atoms with E-state index in [9.17, 15) is 23.9 Å². The number of rotatable bonds is 8. The summed E-state index contributed by atoms with van der Waals surface area (Å²) in [4.78, 5) is 40.4. The fraction of sp³-hybridized carbons (Fsp3) is 0.300. The number of amides is 1. The van der Waals surface area contributed by atoms with Crippen molar-refractivity contribution in [2.24, 2.45) is 5.41 Å². The van der Waals surface area contributed by atoms with E-state index in [1.54, 1.807) is 12.1 Å². The van der Waals surface area contributed by atoms with Gasteiger partial charge in [-0.2, -0.15) is 0 Å². The summed E-state index contributed by atoms with van der Waals surface area (Å²) in [5.74, 6) is 0.350. The van der Waals surface area contributed by atoms with Crippen molar-refractivity contribution in [2.45, 2.75) is 46.7 Å². The molecule has 0 unspecified atom stereocenters. The van der Waals surface area contributed by atoms with Gasteiger partial charge in [0.25, 0.3) is 16.8 Å².